The van der Waals surface area contributed by atoms with Crippen LogP contribution in [0, 0.1) is 0 Å². The normalized spacial score (nSPS) is 10.3. The van der Waals surface area contributed by atoms with Gasteiger partial charge in [-0.1, -0.05) is 38.0 Å². The van der Waals surface area contributed by atoms with Gasteiger partial charge in [-0.2, -0.15) is 0 Å². The molecule has 0 spiro atoms. The van der Waals surface area contributed by atoms with Gasteiger partial charge in [-0.05, 0) is 30.7 Å². The summed E-state index contributed by atoms with van der Waals surface area (Å²) >= 11 is 5.38. The number of aromatic nitrogens is 2. The standard InChI is InChI=1S/C13H8N2O2.C5H11Cl/c16-13(17)8-4-3-7-11-12(8)15-10-6-2-1-5-9(10)14-11;1-2-3-4-5-6/h1-7H,(H,16,17);2-5H2,1H3. The monoisotopic (exact) mass is 330 g/mol. The Labute approximate surface area is 140 Å². The lowest BCUT2D eigenvalue weighted by Gasteiger charge is -2.03. The van der Waals surface area contributed by atoms with Crippen molar-refractivity contribution in [1.82, 2.24) is 9.97 Å². The highest BCUT2D eigenvalue weighted by atomic mass is 35.5. The summed E-state index contributed by atoms with van der Waals surface area (Å²) in [6, 6.07) is 12.4. The number of carboxylic acid groups (broad SMARTS) is 1. The second kappa shape index (κ2) is 8.44. The molecule has 3 aromatic rings. The van der Waals surface area contributed by atoms with E-state index >= 15 is 0 Å². The van der Waals surface area contributed by atoms with E-state index in [9.17, 15) is 4.79 Å². The second-order valence-corrected chi connectivity index (χ2v) is 5.46. The first-order valence-corrected chi connectivity index (χ1v) is 8.15. The van der Waals surface area contributed by atoms with Crippen molar-refractivity contribution in [2.24, 2.45) is 0 Å². The molecule has 0 atom stereocenters. The number of hydrogen-bond donors (Lipinski definition) is 1. The molecule has 0 aliphatic heterocycles. The maximum absolute atomic E-state index is 11.1. The zero-order chi connectivity index (χ0) is 16.7. The van der Waals surface area contributed by atoms with Crippen LogP contribution in [-0.2, 0) is 0 Å². The first-order valence-electron chi connectivity index (χ1n) is 7.62. The molecule has 0 unspecified atom stereocenters. The predicted molar refractivity (Wildman–Crippen MR) is 94.2 cm³/mol. The summed E-state index contributed by atoms with van der Waals surface area (Å²) in [5.41, 5.74) is 2.68. The fourth-order valence-corrected chi connectivity index (χ4v) is 2.35. The van der Waals surface area contributed by atoms with Crippen molar-refractivity contribution >= 4 is 39.6 Å². The van der Waals surface area contributed by atoms with Gasteiger partial charge in [0, 0.05) is 5.88 Å². The van der Waals surface area contributed by atoms with Gasteiger partial charge in [0.1, 0.15) is 5.52 Å². The molecule has 0 aliphatic carbocycles. The molecule has 0 radical (unpaired) electrons. The quantitative estimate of drug-likeness (QED) is 0.420. The highest BCUT2D eigenvalue weighted by Crippen LogP contribution is 2.19. The van der Waals surface area contributed by atoms with Gasteiger partial charge in [0.2, 0.25) is 0 Å². The van der Waals surface area contributed by atoms with Crippen molar-refractivity contribution < 1.29 is 9.90 Å². The highest BCUT2D eigenvalue weighted by molar-refractivity contribution is 6.17. The van der Waals surface area contributed by atoms with Gasteiger partial charge in [0.05, 0.1) is 22.1 Å². The fourth-order valence-electron chi connectivity index (χ4n) is 2.16. The molecule has 1 aromatic heterocycles. The number of carbonyl (C=O) groups is 1. The van der Waals surface area contributed by atoms with Crippen molar-refractivity contribution in [1.29, 1.82) is 0 Å². The number of alkyl halides is 1. The molecule has 1 N–H and O–H groups in total. The van der Waals surface area contributed by atoms with Crippen LogP contribution in [0.1, 0.15) is 36.5 Å². The zero-order valence-electron chi connectivity index (χ0n) is 13.0. The molecule has 5 heteroatoms. The molecule has 1 heterocycles. The van der Waals surface area contributed by atoms with E-state index in [2.05, 4.69) is 16.9 Å². The van der Waals surface area contributed by atoms with E-state index in [-0.39, 0.29) is 5.56 Å². The Morgan fingerprint density at radius 3 is 2.22 bits per heavy atom. The largest absolute Gasteiger partial charge is 0.478 e. The zero-order valence-corrected chi connectivity index (χ0v) is 13.8. The van der Waals surface area contributed by atoms with E-state index in [0.717, 1.165) is 11.4 Å². The lowest BCUT2D eigenvalue weighted by molar-refractivity contribution is 0.0699. The predicted octanol–water partition coefficient (Wildman–Crippen LogP) is 4.90. The van der Waals surface area contributed by atoms with Gasteiger partial charge in [-0.25, -0.2) is 14.8 Å². The molecule has 0 amide bonds. The van der Waals surface area contributed by atoms with Gasteiger partial charge in [0.25, 0.3) is 0 Å². The Balaban J connectivity index is 0.000000277. The number of benzene rings is 2. The molecule has 0 bridgehead atoms. The van der Waals surface area contributed by atoms with Crippen LogP contribution in [-0.4, -0.2) is 26.9 Å². The van der Waals surface area contributed by atoms with Crippen LogP contribution in [0.4, 0.5) is 0 Å². The summed E-state index contributed by atoms with van der Waals surface area (Å²) in [4.78, 5) is 19.8. The highest BCUT2D eigenvalue weighted by Gasteiger charge is 2.10. The van der Waals surface area contributed by atoms with E-state index in [1.165, 1.54) is 25.3 Å². The Morgan fingerprint density at radius 2 is 1.65 bits per heavy atom. The third-order valence-corrected chi connectivity index (χ3v) is 3.60. The van der Waals surface area contributed by atoms with E-state index in [0.29, 0.717) is 16.6 Å². The molecule has 23 heavy (non-hydrogen) atoms. The van der Waals surface area contributed by atoms with Gasteiger partial charge in [-0.3, -0.25) is 0 Å². The average Bonchev–Trinajstić information content (AvgIpc) is 2.58. The summed E-state index contributed by atoms with van der Waals surface area (Å²) in [6.45, 7) is 2.17. The maximum Gasteiger partial charge on any atom is 0.337 e. The van der Waals surface area contributed by atoms with Crippen molar-refractivity contribution in [3.63, 3.8) is 0 Å². The molecule has 0 saturated heterocycles. The number of fused-ring (bicyclic) bond motifs is 2. The number of nitrogens with zero attached hydrogens (tertiary/aromatic N) is 2. The minimum absolute atomic E-state index is 0.181. The van der Waals surface area contributed by atoms with E-state index in [1.54, 1.807) is 12.1 Å². The molecular weight excluding hydrogens is 312 g/mol. The summed E-state index contributed by atoms with van der Waals surface area (Å²) in [6.07, 6.45) is 3.73. The minimum Gasteiger partial charge on any atom is -0.478 e. The van der Waals surface area contributed by atoms with Gasteiger partial charge in [-0.15, -0.1) is 11.6 Å². The minimum atomic E-state index is -0.986. The lowest BCUT2D eigenvalue weighted by Crippen LogP contribution is -1.99. The maximum atomic E-state index is 11.1. The average molecular weight is 331 g/mol. The number of rotatable bonds is 4. The number of aromatic carboxylic acids is 1. The second-order valence-electron chi connectivity index (χ2n) is 5.09. The molecule has 0 aliphatic rings. The summed E-state index contributed by atoms with van der Waals surface area (Å²) in [7, 11) is 0. The van der Waals surface area contributed by atoms with E-state index < -0.39 is 5.97 Å². The molecule has 120 valence electrons. The van der Waals surface area contributed by atoms with Crippen LogP contribution >= 0.6 is 11.6 Å². The number of carboxylic acids is 1. The van der Waals surface area contributed by atoms with Gasteiger partial charge >= 0.3 is 5.97 Å². The van der Waals surface area contributed by atoms with Crippen LogP contribution in [0.15, 0.2) is 42.5 Å². The fraction of sp³-hybridized carbons (Fsp3) is 0.278. The molecular formula is C18H19ClN2O2. The first-order chi connectivity index (χ1) is 11.2. The van der Waals surface area contributed by atoms with Crippen LogP contribution in [0.5, 0.6) is 0 Å². The Bertz CT molecular complexity index is 801. The number of para-hydroxylation sites is 3. The Kier molecular flexibility index (Phi) is 6.29. The number of halogens is 1. The Morgan fingerprint density at radius 1 is 1.00 bits per heavy atom. The van der Waals surface area contributed by atoms with Crippen LogP contribution in [0.3, 0.4) is 0 Å². The van der Waals surface area contributed by atoms with Crippen molar-refractivity contribution in [3.05, 3.63) is 48.0 Å². The SMILES string of the molecule is CCCCCCl.O=C(O)c1cccc2nc3ccccc3nc12. The van der Waals surface area contributed by atoms with Gasteiger partial charge in [0.15, 0.2) is 0 Å². The first kappa shape index (κ1) is 17.2. The third kappa shape index (κ3) is 4.39. The molecule has 2 aromatic carbocycles. The topological polar surface area (TPSA) is 63.1 Å². The van der Waals surface area contributed by atoms with Crippen molar-refractivity contribution in [2.45, 2.75) is 26.2 Å². The summed E-state index contributed by atoms with van der Waals surface area (Å²) in [5.74, 6) is -0.159. The lowest BCUT2D eigenvalue weighted by atomic mass is 10.1. The summed E-state index contributed by atoms with van der Waals surface area (Å²) < 4.78 is 0. The smallest absolute Gasteiger partial charge is 0.337 e. The third-order valence-electron chi connectivity index (χ3n) is 3.34. The van der Waals surface area contributed by atoms with Crippen molar-refractivity contribution in [2.75, 3.05) is 5.88 Å². The van der Waals surface area contributed by atoms with E-state index in [1.807, 2.05) is 24.3 Å². The molecule has 4 nitrogen and oxygen atoms in total. The molecule has 0 saturated carbocycles. The molecule has 3 rings (SSSR count). The van der Waals surface area contributed by atoms with Gasteiger partial charge < -0.3 is 5.11 Å². The Hall–Kier alpha value is -2.20. The van der Waals surface area contributed by atoms with Crippen molar-refractivity contribution in [3.8, 4) is 0 Å². The van der Waals surface area contributed by atoms with Crippen LogP contribution in [0.25, 0.3) is 22.1 Å². The number of hydrogen-bond acceptors (Lipinski definition) is 3. The van der Waals surface area contributed by atoms with Crippen LogP contribution < -0.4 is 0 Å². The number of unbranched alkanes of at least 4 members (excludes halogenated alkanes) is 2. The van der Waals surface area contributed by atoms with Crippen LogP contribution in [0.2, 0.25) is 0 Å². The molecule has 0 fully saturated rings. The summed E-state index contributed by atoms with van der Waals surface area (Å²) in [5, 5.41) is 9.09. The van der Waals surface area contributed by atoms with E-state index in [4.69, 9.17) is 16.7 Å².